The SMILES string of the molecule is CN1CCN(C(=O)CN2C(=O)N[C@@](C)(c3ccc4ccccc4c3)C2=O)CC1. The van der Waals surface area contributed by atoms with Gasteiger partial charge in [-0.1, -0.05) is 36.4 Å². The summed E-state index contributed by atoms with van der Waals surface area (Å²) < 4.78 is 0. The van der Waals surface area contributed by atoms with Crippen LogP contribution in [0.3, 0.4) is 0 Å². The van der Waals surface area contributed by atoms with Crippen molar-refractivity contribution in [3.05, 3.63) is 48.0 Å². The van der Waals surface area contributed by atoms with Gasteiger partial charge in [0.1, 0.15) is 12.1 Å². The lowest BCUT2D eigenvalue weighted by molar-refractivity contribution is -0.139. The van der Waals surface area contributed by atoms with Crippen molar-refractivity contribution in [3.63, 3.8) is 0 Å². The number of piperazine rings is 1. The van der Waals surface area contributed by atoms with Crippen LogP contribution in [-0.2, 0) is 15.1 Å². The van der Waals surface area contributed by atoms with Crippen LogP contribution in [0.5, 0.6) is 0 Å². The van der Waals surface area contributed by atoms with Gasteiger partial charge in [-0.05, 0) is 36.4 Å². The largest absolute Gasteiger partial charge is 0.339 e. The summed E-state index contributed by atoms with van der Waals surface area (Å²) in [6.07, 6.45) is 0. The van der Waals surface area contributed by atoms with E-state index in [0.717, 1.165) is 28.8 Å². The first-order chi connectivity index (χ1) is 13.4. The molecule has 4 amide bonds. The fourth-order valence-electron chi connectivity index (χ4n) is 3.83. The number of benzene rings is 2. The Morgan fingerprint density at radius 1 is 1.04 bits per heavy atom. The number of hydrogen-bond donors (Lipinski definition) is 1. The number of carbonyl (C=O) groups excluding carboxylic acids is 3. The van der Waals surface area contributed by atoms with Gasteiger partial charge < -0.3 is 15.1 Å². The van der Waals surface area contributed by atoms with Gasteiger partial charge in [0.25, 0.3) is 5.91 Å². The van der Waals surface area contributed by atoms with Crippen LogP contribution in [0, 0.1) is 0 Å². The number of likely N-dealkylation sites (N-methyl/N-ethyl adjacent to an activating group) is 1. The predicted molar refractivity (Wildman–Crippen MR) is 106 cm³/mol. The van der Waals surface area contributed by atoms with E-state index in [9.17, 15) is 14.4 Å². The highest BCUT2D eigenvalue weighted by atomic mass is 16.2. The fraction of sp³-hybridized carbons (Fsp3) is 0.381. The lowest BCUT2D eigenvalue weighted by atomic mass is 9.90. The molecule has 2 fully saturated rings. The van der Waals surface area contributed by atoms with E-state index in [0.29, 0.717) is 18.7 Å². The molecule has 7 heteroatoms. The van der Waals surface area contributed by atoms with Crippen LogP contribution in [0.2, 0.25) is 0 Å². The molecule has 4 rings (SSSR count). The van der Waals surface area contributed by atoms with Crippen molar-refractivity contribution in [2.75, 3.05) is 39.8 Å². The quantitative estimate of drug-likeness (QED) is 0.817. The van der Waals surface area contributed by atoms with Crippen LogP contribution in [0.1, 0.15) is 12.5 Å². The molecule has 0 spiro atoms. The molecule has 1 N–H and O–H groups in total. The summed E-state index contributed by atoms with van der Waals surface area (Å²) in [5.74, 6) is -0.588. The highest BCUT2D eigenvalue weighted by Gasteiger charge is 2.49. The minimum atomic E-state index is -1.18. The van der Waals surface area contributed by atoms with E-state index in [1.807, 2.05) is 49.5 Å². The van der Waals surface area contributed by atoms with Crippen LogP contribution in [-0.4, -0.2) is 72.3 Å². The normalized spacial score (nSPS) is 23.4. The predicted octanol–water partition coefficient (Wildman–Crippen LogP) is 1.38. The Hall–Kier alpha value is -2.93. The molecular formula is C21H24N4O3. The second kappa shape index (κ2) is 6.91. The van der Waals surface area contributed by atoms with Crippen molar-refractivity contribution < 1.29 is 14.4 Å². The van der Waals surface area contributed by atoms with Crippen molar-refractivity contribution in [3.8, 4) is 0 Å². The molecule has 2 aromatic carbocycles. The number of amides is 4. The van der Waals surface area contributed by atoms with Crippen LogP contribution in [0.4, 0.5) is 4.79 Å². The standard InChI is InChI=1S/C21H24N4O3/c1-21(17-8-7-15-5-3-4-6-16(15)13-17)19(27)25(20(28)22-21)14-18(26)24-11-9-23(2)10-12-24/h3-8,13H,9-12,14H2,1-2H3,(H,22,28)/t21-/m0/s1. The number of carbonyl (C=O) groups is 3. The van der Waals surface area contributed by atoms with Crippen molar-refractivity contribution in [2.45, 2.75) is 12.5 Å². The van der Waals surface area contributed by atoms with Crippen LogP contribution >= 0.6 is 0 Å². The molecule has 0 unspecified atom stereocenters. The van der Waals surface area contributed by atoms with Crippen molar-refractivity contribution >= 4 is 28.6 Å². The molecule has 0 bridgehead atoms. The summed E-state index contributed by atoms with van der Waals surface area (Å²) in [5, 5.41) is 4.84. The van der Waals surface area contributed by atoms with E-state index >= 15 is 0 Å². The monoisotopic (exact) mass is 380 g/mol. The van der Waals surface area contributed by atoms with E-state index in [1.165, 1.54) is 0 Å². The maximum Gasteiger partial charge on any atom is 0.325 e. The number of hydrogen-bond acceptors (Lipinski definition) is 4. The summed E-state index contributed by atoms with van der Waals surface area (Å²) in [6, 6.07) is 13.0. The zero-order valence-electron chi connectivity index (χ0n) is 16.1. The molecule has 2 aliphatic heterocycles. The third-order valence-electron chi connectivity index (χ3n) is 5.75. The molecular weight excluding hydrogens is 356 g/mol. The van der Waals surface area contributed by atoms with Gasteiger partial charge in [-0.3, -0.25) is 14.5 Å². The first kappa shape index (κ1) is 18.4. The molecule has 0 aromatic heterocycles. The highest BCUT2D eigenvalue weighted by Crippen LogP contribution is 2.31. The Morgan fingerprint density at radius 2 is 1.71 bits per heavy atom. The number of imide groups is 1. The van der Waals surface area contributed by atoms with Gasteiger partial charge in [0, 0.05) is 26.2 Å². The van der Waals surface area contributed by atoms with E-state index in [1.54, 1.807) is 11.8 Å². The molecule has 2 saturated heterocycles. The molecule has 1 atom stereocenters. The lowest BCUT2D eigenvalue weighted by Crippen LogP contribution is -2.51. The van der Waals surface area contributed by atoms with E-state index in [-0.39, 0.29) is 12.5 Å². The summed E-state index contributed by atoms with van der Waals surface area (Å²) >= 11 is 0. The van der Waals surface area contributed by atoms with E-state index < -0.39 is 17.5 Å². The lowest BCUT2D eigenvalue weighted by Gasteiger charge is -2.33. The van der Waals surface area contributed by atoms with E-state index in [4.69, 9.17) is 0 Å². The van der Waals surface area contributed by atoms with Gasteiger partial charge >= 0.3 is 6.03 Å². The Labute approximate surface area is 163 Å². The highest BCUT2D eigenvalue weighted by molar-refractivity contribution is 6.09. The molecule has 7 nitrogen and oxygen atoms in total. The number of urea groups is 1. The second-order valence-electron chi connectivity index (χ2n) is 7.69. The first-order valence-electron chi connectivity index (χ1n) is 9.48. The maximum atomic E-state index is 13.1. The molecule has 0 radical (unpaired) electrons. The number of fused-ring (bicyclic) bond motifs is 1. The molecule has 2 aromatic rings. The van der Waals surface area contributed by atoms with Gasteiger partial charge in [-0.25, -0.2) is 4.79 Å². The summed E-state index contributed by atoms with van der Waals surface area (Å²) in [7, 11) is 2.01. The third kappa shape index (κ3) is 3.11. The van der Waals surface area contributed by atoms with Crippen LogP contribution in [0.15, 0.2) is 42.5 Å². The molecule has 146 valence electrons. The smallest absolute Gasteiger partial charge is 0.325 e. The van der Waals surface area contributed by atoms with Gasteiger partial charge in [0.2, 0.25) is 5.91 Å². The van der Waals surface area contributed by atoms with E-state index in [2.05, 4.69) is 10.2 Å². The second-order valence-corrected chi connectivity index (χ2v) is 7.69. The zero-order valence-corrected chi connectivity index (χ0v) is 16.1. The molecule has 0 saturated carbocycles. The summed E-state index contributed by atoms with van der Waals surface area (Å²) in [6.45, 7) is 4.28. The van der Waals surface area contributed by atoms with Crippen molar-refractivity contribution in [1.29, 1.82) is 0 Å². The molecule has 0 aliphatic carbocycles. The summed E-state index contributed by atoms with van der Waals surface area (Å²) in [4.78, 5) is 43.1. The average Bonchev–Trinajstić information content (AvgIpc) is 2.92. The maximum absolute atomic E-state index is 13.1. The fourth-order valence-corrected chi connectivity index (χ4v) is 3.83. The Bertz CT molecular complexity index is 952. The average molecular weight is 380 g/mol. The number of rotatable bonds is 3. The molecule has 2 heterocycles. The third-order valence-corrected chi connectivity index (χ3v) is 5.75. The van der Waals surface area contributed by atoms with Crippen LogP contribution in [0.25, 0.3) is 10.8 Å². The number of nitrogens with zero attached hydrogens (tertiary/aromatic N) is 3. The minimum absolute atomic E-state index is 0.195. The zero-order chi connectivity index (χ0) is 19.9. The molecule has 28 heavy (non-hydrogen) atoms. The van der Waals surface area contributed by atoms with Gasteiger partial charge in [-0.2, -0.15) is 0 Å². The van der Waals surface area contributed by atoms with Gasteiger partial charge in [0.15, 0.2) is 0 Å². The van der Waals surface area contributed by atoms with Crippen molar-refractivity contribution in [2.24, 2.45) is 0 Å². The molecule has 2 aliphatic rings. The van der Waals surface area contributed by atoms with Gasteiger partial charge in [-0.15, -0.1) is 0 Å². The summed E-state index contributed by atoms with van der Waals surface area (Å²) in [5.41, 5.74) is -0.470. The Balaban J connectivity index is 1.54. The van der Waals surface area contributed by atoms with Crippen LogP contribution < -0.4 is 5.32 Å². The number of nitrogens with one attached hydrogen (secondary N) is 1. The van der Waals surface area contributed by atoms with Gasteiger partial charge in [0.05, 0.1) is 0 Å². The van der Waals surface area contributed by atoms with Crippen molar-refractivity contribution in [1.82, 2.24) is 20.0 Å². The first-order valence-corrected chi connectivity index (χ1v) is 9.48. The Morgan fingerprint density at radius 3 is 2.43 bits per heavy atom. The Kier molecular flexibility index (Phi) is 4.55. The topological polar surface area (TPSA) is 73.0 Å². The minimum Gasteiger partial charge on any atom is -0.339 e.